The number of hydrogen-bond acceptors (Lipinski definition) is 8. The van der Waals surface area contributed by atoms with Crippen LogP contribution < -0.4 is 10.5 Å². The Labute approximate surface area is 141 Å². The van der Waals surface area contributed by atoms with E-state index in [4.69, 9.17) is 15.2 Å². The van der Waals surface area contributed by atoms with Gasteiger partial charge in [-0.25, -0.2) is 9.37 Å². The Bertz CT molecular complexity index is 813. The lowest BCUT2D eigenvalue weighted by Gasteiger charge is -2.17. The van der Waals surface area contributed by atoms with E-state index in [0.717, 1.165) is 12.8 Å². The maximum atomic E-state index is 12.9. The standard InChI is InChI=1S/C15H18FN5O4/c16-5-8-10(22)11(23)14(25-8)21-6-18-9-12(17)19-15(20-13(9)21)24-7-3-1-2-4-7/h1,3,6-8,10-11,14,22-23H,2,4-5H2,(H2,17,19,20)/t7?,8?,10-,11-,14-/m1/s1. The number of nitrogens with two attached hydrogens (primary N) is 1. The van der Waals surface area contributed by atoms with E-state index in [2.05, 4.69) is 15.0 Å². The average molecular weight is 351 g/mol. The summed E-state index contributed by atoms with van der Waals surface area (Å²) in [6.07, 6.45) is 2.11. The van der Waals surface area contributed by atoms with Gasteiger partial charge in [-0.15, -0.1) is 0 Å². The molecule has 2 aliphatic rings. The Morgan fingerprint density at radius 1 is 1.36 bits per heavy atom. The van der Waals surface area contributed by atoms with Crippen molar-refractivity contribution in [3.05, 3.63) is 18.5 Å². The van der Waals surface area contributed by atoms with Crippen LogP contribution >= 0.6 is 0 Å². The Morgan fingerprint density at radius 3 is 2.88 bits per heavy atom. The number of aliphatic hydroxyl groups excluding tert-OH is 2. The van der Waals surface area contributed by atoms with Crippen molar-refractivity contribution in [2.24, 2.45) is 0 Å². The highest BCUT2D eigenvalue weighted by molar-refractivity contribution is 5.82. The van der Waals surface area contributed by atoms with Crippen molar-refractivity contribution in [3.8, 4) is 6.01 Å². The van der Waals surface area contributed by atoms with Crippen LogP contribution in [0.5, 0.6) is 6.01 Å². The summed E-state index contributed by atoms with van der Waals surface area (Å²) in [6.45, 7) is -0.916. The van der Waals surface area contributed by atoms with Gasteiger partial charge in [0.2, 0.25) is 0 Å². The molecule has 25 heavy (non-hydrogen) atoms. The molecule has 10 heteroatoms. The number of nitrogen functional groups attached to an aromatic ring is 1. The summed E-state index contributed by atoms with van der Waals surface area (Å²) in [7, 11) is 0. The summed E-state index contributed by atoms with van der Waals surface area (Å²) in [5, 5.41) is 20.0. The minimum Gasteiger partial charge on any atom is -0.456 e. The average Bonchev–Trinajstić information content (AvgIpc) is 3.30. The molecular formula is C15H18FN5O4. The second-order valence-electron chi connectivity index (χ2n) is 6.08. The van der Waals surface area contributed by atoms with E-state index in [1.165, 1.54) is 10.9 Å². The quantitative estimate of drug-likeness (QED) is 0.661. The Balaban J connectivity index is 1.70. The van der Waals surface area contributed by atoms with Crippen LogP contribution in [-0.4, -0.2) is 60.8 Å². The number of aliphatic hydroxyl groups is 2. The Hall–Kier alpha value is -2.30. The number of anilines is 1. The van der Waals surface area contributed by atoms with E-state index in [-0.39, 0.29) is 23.6 Å². The van der Waals surface area contributed by atoms with Crippen molar-refractivity contribution in [1.29, 1.82) is 0 Å². The number of fused-ring (bicyclic) bond motifs is 1. The van der Waals surface area contributed by atoms with Gasteiger partial charge in [0.25, 0.3) is 0 Å². The fourth-order valence-corrected chi connectivity index (χ4v) is 3.08. The maximum absolute atomic E-state index is 12.9. The number of halogens is 1. The minimum atomic E-state index is -1.34. The highest BCUT2D eigenvalue weighted by Crippen LogP contribution is 2.33. The Morgan fingerprint density at radius 2 is 2.20 bits per heavy atom. The summed E-state index contributed by atoms with van der Waals surface area (Å²) in [4.78, 5) is 12.5. The van der Waals surface area contributed by atoms with Gasteiger partial charge in [0.1, 0.15) is 31.1 Å². The summed E-state index contributed by atoms with van der Waals surface area (Å²) < 4.78 is 25.4. The van der Waals surface area contributed by atoms with Gasteiger partial charge in [0.05, 0.1) is 6.33 Å². The molecule has 1 saturated heterocycles. The van der Waals surface area contributed by atoms with Crippen LogP contribution in [0.4, 0.5) is 10.2 Å². The fourth-order valence-electron chi connectivity index (χ4n) is 3.08. The van der Waals surface area contributed by atoms with Gasteiger partial charge in [0.15, 0.2) is 23.2 Å². The van der Waals surface area contributed by atoms with Gasteiger partial charge >= 0.3 is 6.01 Å². The molecule has 1 aliphatic heterocycles. The summed E-state index contributed by atoms with van der Waals surface area (Å²) in [6, 6.07) is 0.0818. The van der Waals surface area contributed by atoms with Gasteiger partial charge < -0.3 is 25.4 Å². The third kappa shape index (κ3) is 2.71. The van der Waals surface area contributed by atoms with Gasteiger partial charge in [-0.1, -0.05) is 6.08 Å². The molecule has 0 spiro atoms. The molecule has 2 aromatic rings. The molecule has 0 amide bonds. The van der Waals surface area contributed by atoms with Crippen molar-refractivity contribution >= 4 is 17.0 Å². The van der Waals surface area contributed by atoms with Crippen molar-refractivity contribution in [3.63, 3.8) is 0 Å². The smallest absolute Gasteiger partial charge is 0.321 e. The first-order valence-corrected chi connectivity index (χ1v) is 7.99. The minimum absolute atomic E-state index is 0.0818. The third-order valence-corrected chi connectivity index (χ3v) is 4.42. The number of rotatable bonds is 4. The van der Waals surface area contributed by atoms with E-state index in [1.54, 1.807) is 0 Å². The van der Waals surface area contributed by atoms with Crippen LogP contribution in [0.3, 0.4) is 0 Å². The van der Waals surface area contributed by atoms with Crippen molar-refractivity contribution in [2.75, 3.05) is 12.4 Å². The lowest BCUT2D eigenvalue weighted by molar-refractivity contribution is -0.0409. The molecule has 3 heterocycles. The van der Waals surface area contributed by atoms with Crippen LogP contribution in [-0.2, 0) is 4.74 Å². The highest BCUT2D eigenvalue weighted by atomic mass is 19.1. The fraction of sp³-hybridized carbons (Fsp3) is 0.533. The van der Waals surface area contributed by atoms with Gasteiger partial charge in [-0.3, -0.25) is 4.57 Å². The Kier molecular flexibility index (Phi) is 4.02. The second-order valence-corrected chi connectivity index (χ2v) is 6.08. The number of alkyl halides is 1. The monoisotopic (exact) mass is 351 g/mol. The predicted molar refractivity (Wildman–Crippen MR) is 84.4 cm³/mol. The molecule has 9 nitrogen and oxygen atoms in total. The molecule has 0 bridgehead atoms. The summed E-state index contributed by atoms with van der Waals surface area (Å²) in [5.74, 6) is 0.121. The van der Waals surface area contributed by atoms with Crippen molar-refractivity contribution in [2.45, 2.75) is 43.5 Å². The molecule has 4 N–H and O–H groups in total. The molecule has 134 valence electrons. The van der Waals surface area contributed by atoms with Gasteiger partial charge in [-0.2, -0.15) is 9.97 Å². The lowest BCUT2D eigenvalue weighted by Crippen LogP contribution is -2.32. The zero-order chi connectivity index (χ0) is 17.6. The third-order valence-electron chi connectivity index (χ3n) is 4.42. The molecule has 0 saturated carbocycles. The van der Waals surface area contributed by atoms with Gasteiger partial charge in [0, 0.05) is 0 Å². The van der Waals surface area contributed by atoms with Crippen molar-refractivity contribution < 1.29 is 24.1 Å². The van der Waals surface area contributed by atoms with Crippen LogP contribution in [0, 0.1) is 0 Å². The number of ether oxygens (including phenoxy) is 2. The predicted octanol–water partition coefficient (Wildman–Crippen LogP) is 0.0946. The van der Waals surface area contributed by atoms with E-state index in [1.807, 2.05) is 12.2 Å². The van der Waals surface area contributed by atoms with Crippen LogP contribution in [0.2, 0.25) is 0 Å². The highest BCUT2D eigenvalue weighted by Gasteiger charge is 2.44. The van der Waals surface area contributed by atoms with E-state index < -0.39 is 31.2 Å². The number of allylic oxidation sites excluding steroid dienone is 1. The number of aromatic nitrogens is 4. The molecule has 4 rings (SSSR count). The molecule has 5 atom stereocenters. The van der Waals surface area contributed by atoms with Crippen LogP contribution in [0.15, 0.2) is 18.5 Å². The first-order chi connectivity index (χ1) is 12.1. The van der Waals surface area contributed by atoms with Crippen molar-refractivity contribution in [1.82, 2.24) is 19.5 Å². The van der Waals surface area contributed by atoms with E-state index >= 15 is 0 Å². The number of imidazole rings is 1. The second kappa shape index (κ2) is 6.21. The zero-order valence-electron chi connectivity index (χ0n) is 13.2. The molecule has 2 aromatic heterocycles. The first kappa shape index (κ1) is 16.2. The molecule has 2 unspecified atom stereocenters. The van der Waals surface area contributed by atoms with Crippen LogP contribution in [0.25, 0.3) is 11.2 Å². The molecule has 0 aromatic carbocycles. The first-order valence-electron chi connectivity index (χ1n) is 7.99. The normalized spacial score (nSPS) is 31.9. The number of nitrogens with zero attached hydrogens (tertiary/aromatic N) is 4. The molecule has 1 fully saturated rings. The molecular weight excluding hydrogens is 333 g/mol. The topological polar surface area (TPSA) is 129 Å². The summed E-state index contributed by atoms with van der Waals surface area (Å²) >= 11 is 0. The summed E-state index contributed by atoms with van der Waals surface area (Å²) in [5.41, 5.74) is 6.51. The molecule has 1 aliphatic carbocycles. The van der Waals surface area contributed by atoms with E-state index in [9.17, 15) is 14.6 Å². The zero-order valence-corrected chi connectivity index (χ0v) is 13.2. The van der Waals surface area contributed by atoms with Gasteiger partial charge in [-0.05, 0) is 18.9 Å². The van der Waals surface area contributed by atoms with E-state index in [0.29, 0.717) is 5.52 Å². The van der Waals surface area contributed by atoms with Crippen LogP contribution in [0.1, 0.15) is 19.1 Å². The molecule has 0 radical (unpaired) electrons. The largest absolute Gasteiger partial charge is 0.456 e. The number of hydrogen-bond donors (Lipinski definition) is 3. The lowest BCUT2D eigenvalue weighted by atomic mass is 10.1. The maximum Gasteiger partial charge on any atom is 0.321 e. The SMILES string of the molecule is Nc1nc(OC2C=CCC2)nc2c1ncn2[C@@H]1OC(CF)[C@@H](O)[C@H]1O.